The molecule has 1 aromatic heterocycles. The van der Waals surface area contributed by atoms with Crippen LogP contribution in [0.3, 0.4) is 0 Å². The summed E-state index contributed by atoms with van der Waals surface area (Å²) < 4.78 is 0. The predicted molar refractivity (Wildman–Crippen MR) is 72.2 cm³/mol. The molecule has 0 amide bonds. The van der Waals surface area contributed by atoms with Crippen LogP contribution in [0.15, 0.2) is 36.5 Å². The summed E-state index contributed by atoms with van der Waals surface area (Å²) in [7, 11) is 0. The first-order valence-electron chi connectivity index (χ1n) is 5.36. The summed E-state index contributed by atoms with van der Waals surface area (Å²) in [5, 5.41) is 3.70. The van der Waals surface area contributed by atoms with Crippen molar-refractivity contribution in [3.8, 4) is 0 Å². The van der Waals surface area contributed by atoms with Gasteiger partial charge in [0.1, 0.15) is 5.15 Å². The number of nitrogens with one attached hydrogen (secondary N) is 1. The van der Waals surface area contributed by atoms with Crippen LogP contribution < -0.4 is 11.1 Å². The van der Waals surface area contributed by atoms with Gasteiger partial charge in [-0.2, -0.15) is 0 Å². The molecule has 1 heterocycles. The molecule has 0 fully saturated rings. The Morgan fingerprint density at radius 2 is 2.12 bits per heavy atom. The molecule has 0 aliphatic heterocycles. The maximum atomic E-state index is 5.82. The quantitative estimate of drug-likeness (QED) is 0.819. The van der Waals surface area contributed by atoms with Crippen molar-refractivity contribution in [2.45, 2.75) is 13.5 Å². The van der Waals surface area contributed by atoms with Gasteiger partial charge in [-0.15, -0.1) is 0 Å². The normalized spacial score (nSPS) is 10.2. The molecule has 0 spiro atoms. The smallest absolute Gasteiger partial charge is 0.131 e. The Morgan fingerprint density at radius 3 is 2.88 bits per heavy atom. The highest BCUT2D eigenvalue weighted by Gasteiger charge is 2.02. The van der Waals surface area contributed by atoms with Crippen LogP contribution >= 0.6 is 11.6 Å². The number of nitrogen functional groups attached to an aromatic ring is 1. The first-order valence-corrected chi connectivity index (χ1v) is 5.74. The molecule has 3 nitrogen and oxygen atoms in total. The number of nitrogens with two attached hydrogens (primary N) is 1. The fourth-order valence-electron chi connectivity index (χ4n) is 1.59. The fourth-order valence-corrected chi connectivity index (χ4v) is 1.75. The lowest BCUT2D eigenvalue weighted by Gasteiger charge is -2.10. The fraction of sp³-hybridized carbons (Fsp3) is 0.154. The largest absolute Gasteiger partial charge is 0.396 e. The van der Waals surface area contributed by atoms with Crippen molar-refractivity contribution in [2.24, 2.45) is 0 Å². The van der Waals surface area contributed by atoms with Crippen molar-refractivity contribution in [1.29, 1.82) is 0 Å². The third-order valence-electron chi connectivity index (χ3n) is 2.63. The minimum absolute atomic E-state index is 0.437. The molecule has 0 radical (unpaired) electrons. The average Bonchev–Trinajstić information content (AvgIpc) is 2.32. The van der Waals surface area contributed by atoms with E-state index in [2.05, 4.69) is 29.4 Å². The Balaban J connectivity index is 2.12. The van der Waals surface area contributed by atoms with E-state index in [-0.39, 0.29) is 0 Å². The Hall–Kier alpha value is -1.74. The van der Waals surface area contributed by atoms with Gasteiger partial charge in [-0.1, -0.05) is 35.9 Å². The number of rotatable bonds is 3. The molecule has 0 unspecified atom stereocenters. The van der Waals surface area contributed by atoms with Crippen LogP contribution in [0.1, 0.15) is 11.1 Å². The lowest BCUT2D eigenvalue weighted by molar-refractivity contribution is 1.12. The maximum Gasteiger partial charge on any atom is 0.131 e. The SMILES string of the molecule is Cc1ccccc1CNc1cc(Cl)ncc1N. The van der Waals surface area contributed by atoms with Gasteiger partial charge in [0.15, 0.2) is 0 Å². The van der Waals surface area contributed by atoms with Crippen molar-refractivity contribution in [2.75, 3.05) is 11.1 Å². The number of anilines is 2. The Bertz CT molecular complexity index is 526. The summed E-state index contributed by atoms with van der Waals surface area (Å²) in [5.41, 5.74) is 9.71. The van der Waals surface area contributed by atoms with E-state index in [1.165, 1.54) is 11.1 Å². The zero-order valence-corrected chi connectivity index (χ0v) is 10.3. The van der Waals surface area contributed by atoms with E-state index >= 15 is 0 Å². The van der Waals surface area contributed by atoms with E-state index in [4.69, 9.17) is 17.3 Å². The Labute approximate surface area is 106 Å². The molecule has 0 atom stereocenters. The van der Waals surface area contributed by atoms with Gasteiger partial charge >= 0.3 is 0 Å². The summed E-state index contributed by atoms with van der Waals surface area (Å²) in [6.45, 7) is 2.80. The van der Waals surface area contributed by atoms with Crippen molar-refractivity contribution in [3.05, 3.63) is 52.8 Å². The van der Waals surface area contributed by atoms with Crippen molar-refractivity contribution in [1.82, 2.24) is 4.98 Å². The summed E-state index contributed by atoms with van der Waals surface area (Å²) in [6.07, 6.45) is 1.56. The highest BCUT2D eigenvalue weighted by atomic mass is 35.5. The number of benzene rings is 1. The minimum atomic E-state index is 0.437. The van der Waals surface area contributed by atoms with Crippen molar-refractivity contribution < 1.29 is 0 Å². The second-order valence-corrected chi connectivity index (χ2v) is 4.26. The highest BCUT2D eigenvalue weighted by molar-refractivity contribution is 6.29. The van der Waals surface area contributed by atoms with Gasteiger partial charge in [0.25, 0.3) is 0 Å². The molecule has 0 aliphatic rings. The topological polar surface area (TPSA) is 50.9 Å². The summed E-state index contributed by atoms with van der Waals surface area (Å²) in [6, 6.07) is 9.94. The zero-order valence-electron chi connectivity index (χ0n) is 9.57. The molecule has 4 heteroatoms. The van der Waals surface area contributed by atoms with Crippen LogP contribution in [-0.4, -0.2) is 4.98 Å². The number of hydrogen-bond acceptors (Lipinski definition) is 3. The van der Waals surface area contributed by atoms with Crippen LogP contribution in [0.2, 0.25) is 5.15 Å². The monoisotopic (exact) mass is 247 g/mol. The summed E-state index contributed by atoms with van der Waals surface area (Å²) in [4.78, 5) is 3.91. The molecule has 0 aliphatic carbocycles. The molecule has 0 saturated carbocycles. The molecule has 88 valence electrons. The van der Waals surface area contributed by atoms with Crippen LogP contribution in [0.5, 0.6) is 0 Å². The molecule has 0 saturated heterocycles. The van der Waals surface area contributed by atoms with E-state index in [1.807, 2.05) is 12.1 Å². The lowest BCUT2D eigenvalue weighted by Crippen LogP contribution is -2.04. The second kappa shape index (κ2) is 5.06. The Kier molecular flexibility index (Phi) is 3.49. The number of aryl methyl sites for hydroxylation is 1. The van der Waals surface area contributed by atoms with Gasteiger partial charge in [0.05, 0.1) is 17.6 Å². The molecule has 2 rings (SSSR count). The van der Waals surface area contributed by atoms with E-state index in [9.17, 15) is 0 Å². The van der Waals surface area contributed by atoms with Gasteiger partial charge < -0.3 is 11.1 Å². The average molecular weight is 248 g/mol. The van der Waals surface area contributed by atoms with E-state index in [0.717, 1.165) is 12.2 Å². The zero-order chi connectivity index (χ0) is 12.3. The molecule has 3 N–H and O–H groups in total. The standard InChI is InChI=1S/C13H14ClN3/c1-9-4-2-3-5-10(9)7-16-12-6-13(14)17-8-11(12)15/h2-6,8H,7,15H2,1H3,(H,16,17). The maximum absolute atomic E-state index is 5.82. The van der Waals surface area contributed by atoms with Gasteiger partial charge in [0.2, 0.25) is 0 Å². The van der Waals surface area contributed by atoms with Gasteiger partial charge in [0, 0.05) is 12.6 Å². The number of pyridine rings is 1. The summed E-state index contributed by atoms with van der Waals surface area (Å²) >= 11 is 5.82. The van der Waals surface area contributed by atoms with Gasteiger partial charge in [-0.3, -0.25) is 0 Å². The number of nitrogens with zero attached hydrogens (tertiary/aromatic N) is 1. The predicted octanol–water partition coefficient (Wildman–Crippen LogP) is 3.24. The third kappa shape index (κ3) is 2.88. The number of halogens is 1. The molecule has 1 aromatic carbocycles. The van der Waals surface area contributed by atoms with Crippen molar-refractivity contribution >= 4 is 23.0 Å². The minimum Gasteiger partial charge on any atom is -0.396 e. The molecule has 0 bridgehead atoms. The van der Waals surface area contributed by atoms with Crippen LogP contribution in [0, 0.1) is 6.92 Å². The van der Waals surface area contributed by atoms with Crippen LogP contribution in [-0.2, 0) is 6.54 Å². The second-order valence-electron chi connectivity index (χ2n) is 3.87. The van der Waals surface area contributed by atoms with Crippen LogP contribution in [0.4, 0.5) is 11.4 Å². The molecular formula is C13H14ClN3. The van der Waals surface area contributed by atoms with E-state index in [0.29, 0.717) is 10.8 Å². The van der Waals surface area contributed by atoms with Crippen molar-refractivity contribution in [3.63, 3.8) is 0 Å². The molecule has 2 aromatic rings. The number of hydrogen-bond donors (Lipinski definition) is 2. The lowest BCUT2D eigenvalue weighted by atomic mass is 10.1. The van der Waals surface area contributed by atoms with Crippen LogP contribution in [0.25, 0.3) is 0 Å². The van der Waals surface area contributed by atoms with Gasteiger partial charge in [-0.25, -0.2) is 4.98 Å². The number of aromatic nitrogens is 1. The van der Waals surface area contributed by atoms with E-state index in [1.54, 1.807) is 12.3 Å². The first kappa shape index (κ1) is 11.7. The highest BCUT2D eigenvalue weighted by Crippen LogP contribution is 2.21. The molecule has 17 heavy (non-hydrogen) atoms. The van der Waals surface area contributed by atoms with E-state index < -0.39 is 0 Å². The first-order chi connectivity index (χ1) is 8.16. The summed E-state index contributed by atoms with van der Waals surface area (Å²) in [5.74, 6) is 0. The van der Waals surface area contributed by atoms with Gasteiger partial charge in [-0.05, 0) is 18.1 Å². The molecular weight excluding hydrogens is 234 g/mol. The Morgan fingerprint density at radius 1 is 1.35 bits per heavy atom. The third-order valence-corrected chi connectivity index (χ3v) is 2.84.